The van der Waals surface area contributed by atoms with Gasteiger partial charge in [-0.05, 0) is 23.8 Å². The molecule has 3 N–H and O–H groups in total. The molecule has 17 heavy (non-hydrogen) atoms. The summed E-state index contributed by atoms with van der Waals surface area (Å²) in [4.78, 5) is 0. The standard InChI is InChI=1S/C13H15FN2O/c14-12-5-1-3-10(13(12)15)9-16-7-6-11-4-2-8-17-11/h1-5,8,16H,6-7,9,15H2. The van der Waals surface area contributed by atoms with Crippen molar-refractivity contribution in [3.05, 3.63) is 53.7 Å². The molecule has 0 aliphatic carbocycles. The summed E-state index contributed by atoms with van der Waals surface area (Å²) < 4.78 is 18.3. The third-order valence-electron chi connectivity index (χ3n) is 2.59. The Bertz CT molecular complexity index is 468. The fourth-order valence-corrected chi connectivity index (χ4v) is 1.63. The second-order valence-electron chi connectivity index (χ2n) is 3.82. The van der Waals surface area contributed by atoms with Crippen molar-refractivity contribution in [2.45, 2.75) is 13.0 Å². The maximum atomic E-state index is 13.1. The maximum absolute atomic E-state index is 13.1. The number of rotatable bonds is 5. The molecular weight excluding hydrogens is 219 g/mol. The molecule has 0 fully saturated rings. The fraction of sp³-hybridized carbons (Fsp3) is 0.231. The van der Waals surface area contributed by atoms with Gasteiger partial charge < -0.3 is 15.5 Å². The molecule has 0 amide bonds. The number of hydrogen-bond donors (Lipinski definition) is 2. The number of nitrogen functional groups attached to an aromatic ring is 1. The smallest absolute Gasteiger partial charge is 0.146 e. The van der Waals surface area contributed by atoms with Crippen molar-refractivity contribution in [1.29, 1.82) is 0 Å². The van der Waals surface area contributed by atoms with Gasteiger partial charge in [-0.1, -0.05) is 12.1 Å². The average Bonchev–Trinajstić information content (AvgIpc) is 2.83. The number of nitrogens with two attached hydrogens (primary N) is 1. The third kappa shape index (κ3) is 3.07. The van der Waals surface area contributed by atoms with Crippen molar-refractivity contribution in [2.24, 2.45) is 0 Å². The SMILES string of the molecule is Nc1c(F)cccc1CNCCc1ccco1. The van der Waals surface area contributed by atoms with Crippen molar-refractivity contribution in [3.63, 3.8) is 0 Å². The lowest BCUT2D eigenvalue weighted by Gasteiger charge is -2.07. The zero-order valence-corrected chi connectivity index (χ0v) is 9.45. The lowest BCUT2D eigenvalue weighted by atomic mass is 10.1. The first kappa shape index (κ1) is 11.7. The number of anilines is 1. The van der Waals surface area contributed by atoms with Gasteiger partial charge in [0, 0.05) is 19.5 Å². The Hall–Kier alpha value is -1.81. The summed E-state index contributed by atoms with van der Waals surface area (Å²) in [6, 6.07) is 8.63. The summed E-state index contributed by atoms with van der Waals surface area (Å²) in [7, 11) is 0. The van der Waals surface area contributed by atoms with Gasteiger partial charge in [-0.15, -0.1) is 0 Å². The van der Waals surface area contributed by atoms with Gasteiger partial charge in [0.15, 0.2) is 0 Å². The van der Waals surface area contributed by atoms with Crippen LogP contribution in [0.3, 0.4) is 0 Å². The van der Waals surface area contributed by atoms with Gasteiger partial charge >= 0.3 is 0 Å². The summed E-state index contributed by atoms with van der Waals surface area (Å²) >= 11 is 0. The summed E-state index contributed by atoms with van der Waals surface area (Å²) in [6.07, 6.45) is 2.46. The van der Waals surface area contributed by atoms with E-state index in [0.29, 0.717) is 6.54 Å². The molecule has 0 spiro atoms. The van der Waals surface area contributed by atoms with Crippen LogP contribution in [-0.2, 0) is 13.0 Å². The monoisotopic (exact) mass is 234 g/mol. The molecule has 0 aliphatic heterocycles. The third-order valence-corrected chi connectivity index (χ3v) is 2.59. The average molecular weight is 234 g/mol. The zero-order valence-electron chi connectivity index (χ0n) is 9.45. The van der Waals surface area contributed by atoms with E-state index in [9.17, 15) is 4.39 Å². The highest BCUT2D eigenvalue weighted by Crippen LogP contribution is 2.15. The van der Waals surface area contributed by atoms with Crippen LogP contribution >= 0.6 is 0 Å². The molecule has 4 heteroatoms. The van der Waals surface area contributed by atoms with E-state index < -0.39 is 0 Å². The number of hydrogen-bond acceptors (Lipinski definition) is 3. The largest absolute Gasteiger partial charge is 0.469 e. The number of para-hydroxylation sites is 1. The van der Waals surface area contributed by atoms with Gasteiger partial charge in [-0.25, -0.2) is 4.39 Å². The van der Waals surface area contributed by atoms with Gasteiger partial charge in [-0.3, -0.25) is 0 Å². The molecule has 0 aliphatic rings. The first-order chi connectivity index (χ1) is 8.27. The molecule has 90 valence electrons. The van der Waals surface area contributed by atoms with Crippen LogP contribution in [0.5, 0.6) is 0 Å². The molecule has 0 saturated heterocycles. The molecule has 0 unspecified atom stereocenters. The molecule has 0 saturated carbocycles. The van der Waals surface area contributed by atoms with Gasteiger partial charge in [0.1, 0.15) is 11.6 Å². The Morgan fingerprint density at radius 1 is 1.24 bits per heavy atom. The van der Waals surface area contributed by atoms with Crippen LogP contribution in [0.2, 0.25) is 0 Å². The zero-order chi connectivity index (χ0) is 12.1. The summed E-state index contributed by atoms with van der Waals surface area (Å²) in [6.45, 7) is 1.33. The summed E-state index contributed by atoms with van der Waals surface area (Å²) in [5.74, 6) is 0.569. The minimum Gasteiger partial charge on any atom is -0.469 e. The van der Waals surface area contributed by atoms with Crippen molar-refractivity contribution in [1.82, 2.24) is 5.32 Å². The Morgan fingerprint density at radius 3 is 2.88 bits per heavy atom. The number of nitrogens with one attached hydrogen (secondary N) is 1. The number of halogens is 1. The highest BCUT2D eigenvalue weighted by molar-refractivity contribution is 5.47. The lowest BCUT2D eigenvalue weighted by Crippen LogP contribution is -2.17. The lowest BCUT2D eigenvalue weighted by molar-refractivity contribution is 0.498. The Labute approximate surface area is 99.4 Å². The van der Waals surface area contributed by atoms with Crippen molar-refractivity contribution < 1.29 is 8.81 Å². The van der Waals surface area contributed by atoms with Crippen LogP contribution in [0, 0.1) is 5.82 Å². The first-order valence-electron chi connectivity index (χ1n) is 5.53. The Morgan fingerprint density at radius 2 is 2.12 bits per heavy atom. The molecule has 1 aromatic carbocycles. The highest BCUT2D eigenvalue weighted by atomic mass is 19.1. The van der Waals surface area contributed by atoms with Crippen LogP contribution in [0.25, 0.3) is 0 Å². The molecule has 0 bridgehead atoms. The van der Waals surface area contributed by atoms with E-state index in [4.69, 9.17) is 10.2 Å². The summed E-state index contributed by atoms with van der Waals surface area (Å²) in [5.41, 5.74) is 6.63. The van der Waals surface area contributed by atoms with Crippen molar-refractivity contribution in [3.8, 4) is 0 Å². The molecule has 2 rings (SSSR count). The van der Waals surface area contributed by atoms with Crippen molar-refractivity contribution in [2.75, 3.05) is 12.3 Å². The van der Waals surface area contributed by atoms with E-state index in [1.807, 2.05) is 18.2 Å². The molecule has 1 aromatic heterocycles. The van der Waals surface area contributed by atoms with E-state index in [0.717, 1.165) is 24.3 Å². The fourth-order valence-electron chi connectivity index (χ4n) is 1.63. The second-order valence-corrected chi connectivity index (χ2v) is 3.82. The highest BCUT2D eigenvalue weighted by Gasteiger charge is 2.03. The van der Waals surface area contributed by atoms with Gasteiger partial charge in [0.05, 0.1) is 12.0 Å². The van der Waals surface area contributed by atoms with Crippen LogP contribution in [0.4, 0.5) is 10.1 Å². The van der Waals surface area contributed by atoms with Crippen LogP contribution in [0.15, 0.2) is 41.0 Å². The first-order valence-corrected chi connectivity index (χ1v) is 5.53. The second kappa shape index (κ2) is 5.50. The van der Waals surface area contributed by atoms with E-state index in [-0.39, 0.29) is 11.5 Å². The molecule has 0 atom stereocenters. The normalized spacial score (nSPS) is 10.6. The van der Waals surface area contributed by atoms with Crippen molar-refractivity contribution >= 4 is 5.69 Å². The predicted molar refractivity (Wildman–Crippen MR) is 64.9 cm³/mol. The Balaban J connectivity index is 1.80. The molecule has 0 radical (unpaired) electrons. The molecule has 1 heterocycles. The topological polar surface area (TPSA) is 51.2 Å². The van der Waals surface area contributed by atoms with Crippen LogP contribution < -0.4 is 11.1 Å². The molecule has 3 nitrogen and oxygen atoms in total. The minimum atomic E-state index is -0.365. The van der Waals surface area contributed by atoms with Gasteiger partial charge in [0.25, 0.3) is 0 Å². The molecule has 2 aromatic rings. The number of furan rings is 1. The van der Waals surface area contributed by atoms with Gasteiger partial charge in [-0.2, -0.15) is 0 Å². The number of benzene rings is 1. The summed E-state index contributed by atoms with van der Waals surface area (Å²) in [5, 5.41) is 3.20. The van der Waals surface area contributed by atoms with E-state index in [1.54, 1.807) is 12.3 Å². The molecular formula is C13H15FN2O. The maximum Gasteiger partial charge on any atom is 0.146 e. The van der Waals surface area contributed by atoms with Gasteiger partial charge in [0.2, 0.25) is 0 Å². The van der Waals surface area contributed by atoms with E-state index >= 15 is 0 Å². The van der Waals surface area contributed by atoms with Crippen LogP contribution in [0.1, 0.15) is 11.3 Å². The quantitative estimate of drug-likeness (QED) is 0.616. The van der Waals surface area contributed by atoms with E-state index in [1.165, 1.54) is 6.07 Å². The van der Waals surface area contributed by atoms with E-state index in [2.05, 4.69) is 5.32 Å². The Kier molecular flexibility index (Phi) is 3.77. The minimum absolute atomic E-state index is 0.220. The van der Waals surface area contributed by atoms with Crippen LogP contribution in [-0.4, -0.2) is 6.54 Å². The predicted octanol–water partition coefficient (Wildman–Crippen LogP) is 2.33.